The molecule has 0 aromatic heterocycles. The van der Waals surface area contributed by atoms with Gasteiger partial charge in [0.15, 0.2) is 0 Å². The van der Waals surface area contributed by atoms with Crippen LogP contribution < -0.4 is 61.2 Å². The average molecular weight is 473 g/mol. The van der Waals surface area contributed by atoms with Crippen molar-refractivity contribution in [2.24, 2.45) is 0 Å². The van der Waals surface area contributed by atoms with Gasteiger partial charge in [0, 0.05) is 0 Å². The Balaban J connectivity index is 0.00000480. The predicted molar refractivity (Wildman–Crippen MR) is 118 cm³/mol. The molecule has 0 aliphatic rings. The van der Waals surface area contributed by atoms with E-state index in [1.54, 1.807) is 6.07 Å². The monoisotopic (exact) mass is 472 g/mol. The molecule has 0 aliphatic heterocycles. The fourth-order valence-corrected chi connectivity index (χ4v) is 4.04. The molecular weight excluding hydrogens is 439 g/mol. The molecule has 0 spiro atoms. The molecule has 0 fully saturated rings. The van der Waals surface area contributed by atoms with Gasteiger partial charge in [0.25, 0.3) is 10.1 Å². The van der Waals surface area contributed by atoms with Crippen molar-refractivity contribution in [3.8, 4) is 17.2 Å². The minimum atomic E-state index is -4.52. The second kappa shape index (κ2) is 15.4. The molecular formula is C24H33KO5S. The SMILES string of the molecule is CCCCCCCCCCCCc1cccc(Oc2ccc(S(=O)(=O)O)c([O-])c2)c1.[K+]. The molecule has 1 N–H and O–H groups in total. The quantitative estimate of drug-likeness (QED) is 0.259. The van der Waals surface area contributed by atoms with E-state index in [2.05, 4.69) is 13.0 Å². The second-order valence-electron chi connectivity index (χ2n) is 7.77. The molecule has 31 heavy (non-hydrogen) atoms. The maximum Gasteiger partial charge on any atom is 1.00 e. The van der Waals surface area contributed by atoms with Gasteiger partial charge < -0.3 is 9.84 Å². The summed E-state index contributed by atoms with van der Waals surface area (Å²) in [7, 11) is -4.52. The zero-order valence-electron chi connectivity index (χ0n) is 18.8. The van der Waals surface area contributed by atoms with Gasteiger partial charge in [0.2, 0.25) is 0 Å². The standard InChI is InChI=1S/C24H34O5S.K/c1-2-3-4-5-6-7-8-9-10-11-13-20-14-12-15-21(18-20)29-22-16-17-24(23(25)19-22)30(26,27)28;/h12,14-19,25H,2-11,13H2,1H3,(H,26,27,28);/q;+1/p-1. The maximum atomic E-state index is 11.8. The van der Waals surface area contributed by atoms with Gasteiger partial charge >= 0.3 is 51.4 Å². The summed E-state index contributed by atoms with van der Waals surface area (Å²) in [5.41, 5.74) is 1.17. The van der Waals surface area contributed by atoms with E-state index in [1.165, 1.54) is 69.4 Å². The van der Waals surface area contributed by atoms with E-state index in [4.69, 9.17) is 9.29 Å². The van der Waals surface area contributed by atoms with Gasteiger partial charge in [-0.15, -0.1) is 0 Å². The first-order valence-electron chi connectivity index (χ1n) is 11.0. The predicted octanol–water partition coefficient (Wildman–Crippen LogP) is 3.27. The number of hydrogen-bond donors (Lipinski definition) is 1. The Morgan fingerprint density at radius 3 is 2.00 bits per heavy atom. The van der Waals surface area contributed by atoms with E-state index in [9.17, 15) is 13.5 Å². The fourth-order valence-electron chi connectivity index (χ4n) is 3.48. The van der Waals surface area contributed by atoms with E-state index in [-0.39, 0.29) is 57.1 Å². The third-order valence-electron chi connectivity index (χ3n) is 5.15. The summed E-state index contributed by atoms with van der Waals surface area (Å²) < 4.78 is 36.9. The van der Waals surface area contributed by atoms with Gasteiger partial charge in [0.05, 0.1) is 4.90 Å². The van der Waals surface area contributed by atoms with Crippen LogP contribution in [0.15, 0.2) is 47.4 Å². The van der Waals surface area contributed by atoms with Crippen LogP contribution in [-0.4, -0.2) is 13.0 Å². The molecule has 7 heteroatoms. The van der Waals surface area contributed by atoms with Crippen molar-refractivity contribution in [3.63, 3.8) is 0 Å². The summed E-state index contributed by atoms with van der Waals surface area (Å²) in [6, 6.07) is 11.2. The molecule has 2 aromatic carbocycles. The van der Waals surface area contributed by atoms with Crippen molar-refractivity contribution in [2.75, 3.05) is 0 Å². The van der Waals surface area contributed by atoms with E-state index in [1.807, 2.05) is 12.1 Å². The normalized spacial score (nSPS) is 11.2. The Bertz CT molecular complexity index is 883. The Labute approximate surface area is 229 Å². The first-order chi connectivity index (χ1) is 14.4. The Morgan fingerprint density at radius 1 is 0.839 bits per heavy atom. The average Bonchev–Trinajstić information content (AvgIpc) is 2.69. The molecule has 0 aliphatic carbocycles. The van der Waals surface area contributed by atoms with Gasteiger partial charge in [-0.1, -0.05) is 82.6 Å². The van der Waals surface area contributed by atoms with Crippen molar-refractivity contribution in [3.05, 3.63) is 48.0 Å². The van der Waals surface area contributed by atoms with E-state index >= 15 is 0 Å². The second-order valence-corrected chi connectivity index (χ2v) is 9.16. The van der Waals surface area contributed by atoms with Gasteiger partial charge in [-0.25, -0.2) is 0 Å². The third-order valence-corrected chi connectivity index (χ3v) is 6.04. The summed E-state index contributed by atoms with van der Waals surface area (Å²) in [6.07, 6.45) is 14.0. The topological polar surface area (TPSA) is 86.7 Å². The van der Waals surface area contributed by atoms with Crippen LogP contribution in [0.1, 0.15) is 76.7 Å². The van der Waals surface area contributed by atoms with Crippen LogP contribution in [0.3, 0.4) is 0 Å². The molecule has 0 heterocycles. The molecule has 0 radical (unpaired) electrons. The van der Waals surface area contributed by atoms with Crippen molar-refractivity contribution in [1.82, 2.24) is 0 Å². The maximum absolute atomic E-state index is 11.8. The zero-order valence-corrected chi connectivity index (χ0v) is 22.7. The Hall–Kier alpha value is -0.414. The van der Waals surface area contributed by atoms with Gasteiger partial charge in [-0.3, -0.25) is 4.55 Å². The van der Waals surface area contributed by atoms with Crippen molar-refractivity contribution < 1.29 is 74.2 Å². The Kier molecular flexibility index (Phi) is 14.2. The van der Waals surface area contributed by atoms with Crippen LogP contribution in [0.5, 0.6) is 17.2 Å². The minimum Gasteiger partial charge on any atom is -0.871 e. The van der Waals surface area contributed by atoms with Crippen LogP contribution in [0, 0.1) is 0 Å². The van der Waals surface area contributed by atoms with Gasteiger partial charge in [-0.05, 0) is 48.7 Å². The zero-order chi connectivity index (χ0) is 21.8. The van der Waals surface area contributed by atoms with Crippen molar-refractivity contribution >= 4 is 10.1 Å². The number of aryl methyl sites for hydroxylation is 1. The summed E-state index contributed by atoms with van der Waals surface area (Å²) >= 11 is 0. The number of rotatable bonds is 14. The summed E-state index contributed by atoms with van der Waals surface area (Å²) in [4.78, 5) is -0.649. The number of unbranched alkanes of at least 4 members (excludes halogenated alkanes) is 9. The Morgan fingerprint density at radius 2 is 1.42 bits per heavy atom. The molecule has 5 nitrogen and oxygen atoms in total. The van der Waals surface area contributed by atoms with Crippen molar-refractivity contribution in [2.45, 2.75) is 82.4 Å². The summed E-state index contributed by atoms with van der Waals surface area (Å²) in [5.74, 6) is 0.0404. The van der Waals surface area contributed by atoms with E-state index in [0.717, 1.165) is 25.0 Å². The smallest absolute Gasteiger partial charge is 0.871 e. The molecule has 0 unspecified atom stereocenters. The summed E-state index contributed by atoms with van der Waals surface area (Å²) in [6.45, 7) is 2.24. The fraction of sp³-hybridized carbons (Fsp3) is 0.500. The molecule has 0 bridgehead atoms. The molecule has 0 saturated carbocycles. The first-order valence-corrected chi connectivity index (χ1v) is 12.4. The largest absolute Gasteiger partial charge is 1.00 e. The molecule has 0 amide bonds. The van der Waals surface area contributed by atoms with Crippen LogP contribution in [0.25, 0.3) is 0 Å². The van der Waals surface area contributed by atoms with E-state index < -0.39 is 20.8 Å². The van der Waals surface area contributed by atoms with E-state index in [0.29, 0.717) is 5.75 Å². The van der Waals surface area contributed by atoms with Crippen molar-refractivity contribution in [1.29, 1.82) is 0 Å². The van der Waals surface area contributed by atoms with Gasteiger partial charge in [-0.2, -0.15) is 8.42 Å². The van der Waals surface area contributed by atoms with Crippen LogP contribution in [0.4, 0.5) is 0 Å². The molecule has 0 saturated heterocycles. The molecule has 2 aromatic rings. The van der Waals surface area contributed by atoms with Crippen LogP contribution >= 0.6 is 0 Å². The van der Waals surface area contributed by atoms with Crippen LogP contribution in [-0.2, 0) is 16.5 Å². The molecule has 2 rings (SSSR count). The number of ether oxygens (including phenoxy) is 1. The molecule has 0 atom stereocenters. The minimum absolute atomic E-state index is 0. The molecule has 166 valence electrons. The van der Waals surface area contributed by atoms with Gasteiger partial charge in [0.1, 0.15) is 11.5 Å². The third kappa shape index (κ3) is 11.3. The summed E-state index contributed by atoms with van der Waals surface area (Å²) in [5, 5.41) is 11.8. The number of benzene rings is 2. The number of hydrogen-bond acceptors (Lipinski definition) is 4. The van der Waals surface area contributed by atoms with Crippen LogP contribution in [0.2, 0.25) is 0 Å². The first kappa shape index (κ1) is 28.6.